The number of hydrogen-bond donors (Lipinski definition) is 1. The summed E-state index contributed by atoms with van der Waals surface area (Å²) >= 11 is 0. The first kappa shape index (κ1) is 20.2. The molecule has 1 N–H and O–H groups in total. The van der Waals surface area contributed by atoms with E-state index in [1.54, 1.807) is 12.1 Å². The average Bonchev–Trinajstić information content (AvgIpc) is 3.26. The summed E-state index contributed by atoms with van der Waals surface area (Å²) in [7, 11) is 0. The fourth-order valence-corrected chi connectivity index (χ4v) is 3.69. The van der Waals surface area contributed by atoms with E-state index in [2.05, 4.69) is 36.5 Å². The van der Waals surface area contributed by atoms with Gasteiger partial charge in [0.25, 0.3) is 5.91 Å². The Kier molecular flexibility index (Phi) is 7.29. The molecule has 5 heteroatoms. The highest BCUT2D eigenvalue weighted by Gasteiger charge is 2.22. The Morgan fingerprint density at radius 1 is 1.14 bits per heavy atom. The van der Waals surface area contributed by atoms with Crippen molar-refractivity contribution >= 4 is 11.8 Å². The van der Waals surface area contributed by atoms with Crippen molar-refractivity contribution in [2.75, 3.05) is 19.6 Å². The van der Waals surface area contributed by atoms with Gasteiger partial charge in [-0.15, -0.1) is 0 Å². The molecule has 28 heavy (non-hydrogen) atoms. The van der Waals surface area contributed by atoms with E-state index in [0.717, 1.165) is 32.4 Å². The summed E-state index contributed by atoms with van der Waals surface area (Å²) in [4.78, 5) is 26.1. The van der Waals surface area contributed by atoms with Crippen molar-refractivity contribution in [3.63, 3.8) is 0 Å². The molecule has 1 aromatic heterocycles. The number of carbonyl (C=O) groups excluding carboxylic acids is 2. The second-order valence-corrected chi connectivity index (χ2v) is 7.69. The standard InChI is InChI=1S/C23H30N2O3/c1-18-6-8-19(9-7-18)10-11-20-12-15-25(16-13-20)22(26)5-2-14-24-23(27)21-4-3-17-28-21/h3-4,6-9,17,20H,2,5,10-16H2,1H3,(H,24,27). The predicted octanol–water partition coefficient (Wildman–Crippen LogP) is 3.97. The predicted molar refractivity (Wildman–Crippen MR) is 109 cm³/mol. The van der Waals surface area contributed by atoms with Crippen LogP contribution in [0.3, 0.4) is 0 Å². The van der Waals surface area contributed by atoms with E-state index >= 15 is 0 Å². The van der Waals surface area contributed by atoms with Gasteiger partial charge in [0.1, 0.15) is 0 Å². The van der Waals surface area contributed by atoms with E-state index in [-0.39, 0.29) is 11.8 Å². The Morgan fingerprint density at radius 2 is 1.89 bits per heavy atom. The van der Waals surface area contributed by atoms with Gasteiger partial charge >= 0.3 is 0 Å². The number of furan rings is 1. The molecule has 2 aromatic rings. The summed E-state index contributed by atoms with van der Waals surface area (Å²) in [6, 6.07) is 12.1. The Bertz CT molecular complexity index is 745. The molecule has 150 valence electrons. The Balaban J connectivity index is 1.29. The second kappa shape index (κ2) is 10.1. The van der Waals surface area contributed by atoms with E-state index in [4.69, 9.17) is 4.42 Å². The SMILES string of the molecule is Cc1ccc(CCC2CCN(C(=O)CCCNC(=O)c3ccco3)CC2)cc1. The number of aryl methyl sites for hydroxylation is 2. The topological polar surface area (TPSA) is 62.6 Å². The smallest absolute Gasteiger partial charge is 0.286 e. The van der Waals surface area contributed by atoms with Crippen LogP contribution in [0.2, 0.25) is 0 Å². The van der Waals surface area contributed by atoms with Gasteiger partial charge in [0.15, 0.2) is 5.76 Å². The number of amides is 2. The summed E-state index contributed by atoms with van der Waals surface area (Å²) < 4.78 is 5.04. The van der Waals surface area contributed by atoms with E-state index in [0.29, 0.717) is 31.1 Å². The molecule has 1 aliphatic heterocycles. The molecule has 1 aliphatic rings. The maximum Gasteiger partial charge on any atom is 0.286 e. The van der Waals surface area contributed by atoms with Crippen molar-refractivity contribution < 1.29 is 14.0 Å². The molecule has 5 nitrogen and oxygen atoms in total. The molecule has 2 amide bonds. The number of nitrogens with zero attached hydrogens (tertiary/aromatic N) is 1. The Hall–Kier alpha value is -2.56. The van der Waals surface area contributed by atoms with Crippen LogP contribution in [0.1, 0.15) is 53.8 Å². The van der Waals surface area contributed by atoms with Gasteiger partial charge in [-0.3, -0.25) is 9.59 Å². The van der Waals surface area contributed by atoms with Gasteiger partial charge in [0.05, 0.1) is 6.26 Å². The van der Waals surface area contributed by atoms with Crippen LogP contribution >= 0.6 is 0 Å². The monoisotopic (exact) mass is 382 g/mol. The van der Waals surface area contributed by atoms with Crippen molar-refractivity contribution in [3.05, 3.63) is 59.5 Å². The van der Waals surface area contributed by atoms with E-state index in [1.165, 1.54) is 23.8 Å². The minimum Gasteiger partial charge on any atom is -0.459 e. The van der Waals surface area contributed by atoms with Crippen LogP contribution in [0.25, 0.3) is 0 Å². The molecule has 0 atom stereocenters. The molecule has 0 bridgehead atoms. The molecule has 2 heterocycles. The van der Waals surface area contributed by atoms with Crippen LogP contribution in [0, 0.1) is 12.8 Å². The van der Waals surface area contributed by atoms with Gasteiger partial charge in [0.2, 0.25) is 5.91 Å². The molecular weight excluding hydrogens is 352 g/mol. The van der Waals surface area contributed by atoms with Crippen molar-refractivity contribution in [1.82, 2.24) is 10.2 Å². The first-order chi connectivity index (χ1) is 13.6. The normalized spacial score (nSPS) is 14.8. The molecule has 0 aliphatic carbocycles. The molecule has 0 saturated carbocycles. The molecule has 1 fully saturated rings. The largest absolute Gasteiger partial charge is 0.459 e. The summed E-state index contributed by atoms with van der Waals surface area (Å²) in [5.41, 5.74) is 2.71. The first-order valence-electron chi connectivity index (χ1n) is 10.3. The summed E-state index contributed by atoms with van der Waals surface area (Å²) in [6.45, 7) is 4.31. The first-order valence-corrected chi connectivity index (χ1v) is 10.3. The zero-order chi connectivity index (χ0) is 19.8. The minimum atomic E-state index is -0.230. The number of carbonyl (C=O) groups is 2. The highest BCUT2D eigenvalue weighted by molar-refractivity contribution is 5.91. The van der Waals surface area contributed by atoms with Gasteiger partial charge in [-0.2, -0.15) is 0 Å². The lowest BCUT2D eigenvalue weighted by Crippen LogP contribution is -2.38. The van der Waals surface area contributed by atoms with Gasteiger partial charge in [-0.1, -0.05) is 29.8 Å². The van der Waals surface area contributed by atoms with Crippen LogP contribution in [0.5, 0.6) is 0 Å². The fourth-order valence-electron chi connectivity index (χ4n) is 3.69. The summed E-state index contributed by atoms with van der Waals surface area (Å²) in [5, 5.41) is 2.78. The highest BCUT2D eigenvalue weighted by Crippen LogP contribution is 2.23. The van der Waals surface area contributed by atoms with Crippen LogP contribution in [0.4, 0.5) is 0 Å². The third kappa shape index (κ3) is 5.98. The second-order valence-electron chi connectivity index (χ2n) is 7.69. The van der Waals surface area contributed by atoms with Crippen molar-refractivity contribution in [3.8, 4) is 0 Å². The molecular formula is C23H30N2O3. The lowest BCUT2D eigenvalue weighted by molar-refractivity contribution is -0.132. The molecule has 3 rings (SSSR count). The number of benzene rings is 1. The van der Waals surface area contributed by atoms with E-state index in [9.17, 15) is 9.59 Å². The maximum absolute atomic E-state index is 12.4. The van der Waals surface area contributed by atoms with Gasteiger partial charge in [-0.05, 0) is 62.6 Å². The number of hydrogen-bond acceptors (Lipinski definition) is 3. The van der Waals surface area contributed by atoms with Crippen LogP contribution in [-0.4, -0.2) is 36.3 Å². The Labute approximate surface area is 167 Å². The number of rotatable bonds is 8. The summed E-state index contributed by atoms with van der Waals surface area (Å²) in [6.07, 6.45) is 7.10. The van der Waals surface area contributed by atoms with Crippen molar-refractivity contribution in [2.24, 2.45) is 5.92 Å². The third-order valence-electron chi connectivity index (χ3n) is 5.53. The summed E-state index contributed by atoms with van der Waals surface area (Å²) in [5.74, 6) is 0.980. The highest BCUT2D eigenvalue weighted by atomic mass is 16.3. The quantitative estimate of drug-likeness (QED) is 0.703. The molecule has 0 unspecified atom stereocenters. The van der Waals surface area contributed by atoms with Crippen molar-refractivity contribution in [1.29, 1.82) is 0 Å². The van der Waals surface area contributed by atoms with Gasteiger partial charge in [-0.25, -0.2) is 0 Å². The number of likely N-dealkylation sites (tertiary alicyclic amines) is 1. The zero-order valence-corrected chi connectivity index (χ0v) is 16.7. The third-order valence-corrected chi connectivity index (χ3v) is 5.53. The molecule has 0 spiro atoms. The van der Waals surface area contributed by atoms with Gasteiger partial charge in [0, 0.05) is 26.1 Å². The maximum atomic E-state index is 12.4. The van der Waals surface area contributed by atoms with Crippen LogP contribution < -0.4 is 5.32 Å². The van der Waals surface area contributed by atoms with E-state index < -0.39 is 0 Å². The fraction of sp³-hybridized carbons (Fsp3) is 0.478. The average molecular weight is 383 g/mol. The number of nitrogens with one attached hydrogen (secondary N) is 1. The molecule has 1 saturated heterocycles. The van der Waals surface area contributed by atoms with Gasteiger partial charge < -0.3 is 14.6 Å². The lowest BCUT2D eigenvalue weighted by Gasteiger charge is -2.32. The zero-order valence-electron chi connectivity index (χ0n) is 16.7. The number of piperidine rings is 1. The van der Waals surface area contributed by atoms with Crippen LogP contribution in [0.15, 0.2) is 47.1 Å². The van der Waals surface area contributed by atoms with Crippen molar-refractivity contribution in [2.45, 2.75) is 45.4 Å². The minimum absolute atomic E-state index is 0.198. The molecule has 0 radical (unpaired) electrons. The van der Waals surface area contributed by atoms with E-state index in [1.807, 2.05) is 4.90 Å². The molecule has 1 aromatic carbocycles. The van der Waals surface area contributed by atoms with Crippen LogP contribution in [-0.2, 0) is 11.2 Å². The lowest BCUT2D eigenvalue weighted by atomic mass is 9.90. The Morgan fingerprint density at radius 3 is 2.57 bits per heavy atom.